The smallest absolute Gasteiger partial charge is 0.227 e. The number of nitrogens with zero attached hydrogens (tertiary/aromatic N) is 3. The Bertz CT molecular complexity index is 936. The molecule has 4 heterocycles. The first-order chi connectivity index (χ1) is 12.4. The van der Waals surface area contributed by atoms with Gasteiger partial charge in [0, 0.05) is 30.8 Å². The molecule has 1 saturated heterocycles. The van der Waals surface area contributed by atoms with Crippen molar-refractivity contribution >= 4 is 15.7 Å². The first kappa shape index (κ1) is 17.0. The van der Waals surface area contributed by atoms with E-state index in [2.05, 4.69) is 15.0 Å². The van der Waals surface area contributed by atoms with Crippen LogP contribution >= 0.6 is 0 Å². The van der Waals surface area contributed by atoms with Crippen LogP contribution in [0.2, 0.25) is 0 Å². The molecular formula is C17H20N4O4S. The second kappa shape index (κ2) is 6.39. The lowest BCUT2D eigenvalue weighted by atomic mass is 10.1. The van der Waals surface area contributed by atoms with Gasteiger partial charge in [-0.15, -0.1) is 0 Å². The maximum atomic E-state index is 12.6. The van der Waals surface area contributed by atoms with Crippen molar-refractivity contribution in [2.75, 3.05) is 25.2 Å². The molecule has 2 aliphatic heterocycles. The van der Waals surface area contributed by atoms with Crippen molar-refractivity contribution in [1.29, 1.82) is 0 Å². The van der Waals surface area contributed by atoms with Crippen molar-refractivity contribution in [1.82, 2.24) is 19.9 Å². The lowest BCUT2D eigenvalue weighted by Crippen LogP contribution is -2.40. The molecule has 26 heavy (non-hydrogen) atoms. The molecule has 1 fully saturated rings. The third kappa shape index (κ3) is 3.18. The second-order valence-electron chi connectivity index (χ2n) is 6.71. The van der Waals surface area contributed by atoms with Gasteiger partial charge in [0.05, 0.1) is 42.5 Å². The van der Waals surface area contributed by atoms with E-state index in [0.29, 0.717) is 37.6 Å². The van der Waals surface area contributed by atoms with Gasteiger partial charge in [0.25, 0.3) is 0 Å². The number of methoxy groups -OCH3 is 1. The van der Waals surface area contributed by atoms with Crippen LogP contribution in [-0.2, 0) is 27.6 Å². The van der Waals surface area contributed by atoms with Crippen LogP contribution in [-0.4, -0.2) is 59.3 Å². The van der Waals surface area contributed by atoms with E-state index in [0.717, 1.165) is 17.0 Å². The van der Waals surface area contributed by atoms with E-state index in [9.17, 15) is 13.2 Å². The average Bonchev–Trinajstić information content (AvgIpc) is 3.23. The van der Waals surface area contributed by atoms with E-state index >= 15 is 0 Å². The fourth-order valence-corrected chi connectivity index (χ4v) is 5.24. The Kier molecular flexibility index (Phi) is 4.18. The summed E-state index contributed by atoms with van der Waals surface area (Å²) < 4.78 is 28.3. The molecule has 0 bridgehead atoms. The third-order valence-electron chi connectivity index (χ3n) is 4.94. The summed E-state index contributed by atoms with van der Waals surface area (Å²) in [5.74, 6) is 0.854. The quantitative estimate of drug-likeness (QED) is 0.849. The van der Waals surface area contributed by atoms with Crippen molar-refractivity contribution in [2.45, 2.75) is 19.4 Å². The van der Waals surface area contributed by atoms with Gasteiger partial charge in [0.15, 0.2) is 9.84 Å². The lowest BCUT2D eigenvalue weighted by Gasteiger charge is -2.28. The predicted octanol–water partition coefficient (Wildman–Crippen LogP) is 0.800. The molecule has 1 amide bonds. The molecule has 1 N–H and O–H groups in total. The topological polar surface area (TPSA) is 105 Å². The van der Waals surface area contributed by atoms with Gasteiger partial charge >= 0.3 is 0 Å². The number of aromatic nitrogens is 3. The summed E-state index contributed by atoms with van der Waals surface area (Å²) in [7, 11) is -1.50. The fraction of sp³-hybridized carbons (Fsp3) is 0.471. The number of hydrogen-bond acceptors (Lipinski definition) is 6. The van der Waals surface area contributed by atoms with Gasteiger partial charge < -0.3 is 14.6 Å². The Morgan fingerprint density at radius 3 is 2.88 bits per heavy atom. The standard InChI is InChI=1S/C17H20N4O4S/c1-25-15-3-2-11(8-18-15)16-19-13-4-6-21(9-14(13)20-16)17(22)12-5-7-26(23,24)10-12/h2-3,8,12H,4-7,9-10H2,1H3,(H,19,20)/t12-/m0/s1. The zero-order chi connectivity index (χ0) is 18.3. The number of hydrogen-bond donors (Lipinski definition) is 1. The van der Waals surface area contributed by atoms with Gasteiger partial charge in [-0.25, -0.2) is 18.4 Å². The Morgan fingerprint density at radius 1 is 1.38 bits per heavy atom. The minimum atomic E-state index is -3.06. The third-order valence-corrected chi connectivity index (χ3v) is 6.71. The zero-order valence-electron chi connectivity index (χ0n) is 14.4. The Labute approximate surface area is 151 Å². The minimum Gasteiger partial charge on any atom is -0.481 e. The summed E-state index contributed by atoms with van der Waals surface area (Å²) in [6, 6.07) is 3.65. The molecule has 2 aromatic heterocycles. The summed E-state index contributed by atoms with van der Waals surface area (Å²) in [4.78, 5) is 26.5. The normalized spacial score (nSPS) is 21.4. The number of carbonyl (C=O) groups is 1. The number of pyridine rings is 1. The Hall–Kier alpha value is -2.42. The zero-order valence-corrected chi connectivity index (χ0v) is 15.3. The van der Waals surface area contributed by atoms with Crippen LogP contribution in [0.15, 0.2) is 18.3 Å². The molecule has 138 valence electrons. The summed E-state index contributed by atoms with van der Waals surface area (Å²) in [5, 5.41) is 0. The van der Waals surface area contributed by atoms with E-state index in [1.54, 1.807) is 24.3 Å². The molecule has 0 spiro atoms. The van der Waals surface area contributed by atoms with E-state index in [1.807, 2.05) is 6.07 Å². The van der Waals surface area contributed by atoms with Crippen molar-refractivity contribution < 1.29 is 17.9 Å². The number of nitrogens with one attached hydrogen (secondary N) is 1. The maximum absolute atomic E-state index is 12.6. The summed E-state index contributed by atoms with van der Waals surface area (Å²) in [6.45, 7) is 0.995. The van der Waals surface area contributed by atoms with Gasteiger partial charge in [-0.1, -0.05) is 0 Å². The molecule has 0 unspecified atom stereocenters. The Balaban J connectivity index is 1.50. The van der Waals surface area contributed by atoms with Gasteiger partial charge in [-0.3, -0.25) is 4.79 Å². The number of imidazole rings is 1. The summed E-state index contributed by atoms with van der Waals surface area (Å²) >= 11 is 0. The SMILES string of the molecule is COc1ccc(-c2nc3c([nH]2)CN(C(=O)[C@H]2CCS(=O)(=O)C2)CC3)cn1. The number of fused-ring (bicyclic) bond motifs is 1. The molecule has 0 radical (unpaired) electrons. The highest BCUT2D eigenvalue weighted by Gasteiger charge is 2.36. The van der Waals surface area contributed by atoms with Crippen LogP contribution in [0.1, 0.15) is 17.8 Å². The summed E-state index contributed by atoms with van der Waals surface area (Å²) in [6.07, 6.45) is 2.77. The molecule has 1 atom stereocenters. The van der Waals surface area contributed by atoms with E-state index in [4.69, 9.17) is 4.74 Å². The number of carbonyl (C=O) groups excluding carboxylic acids is 1. The number of rotatable bonds is 3. The highest BCUT2D eigenvalue weighted by Crippen LogP contribution is 2.26. The van der Waals surface area contributed by atoms with Crippen molar-refractivity contribution in [3.8, 4) is 17.3 Å². The van der Waals surface area contributed by atoms with Gasteiger partial charge in [-0.2, -0.15) is 0 Å². The monoisotopic (exact) mass is 376 g/mol. The molecule has 2 aliphatic rings. The fourth-order valence-electron chi connectivity index (χ4n) is 3.51. The molecule has 0 aliphatic carbocycles. The van der Waals surface area contributed by atoms with Crippen LogP contribution < -0.4 is 4.74 Å². The number of sulfone groups is 1. The van der Waals surface area contributed by atoms with E-state index in [-0.39, 0.29) is 17.4 Å². The molecule has 4 rings (SSSR count). The van der Waals surface area contributed by atoms with Crippen LogP contribution in [0.4, 0.5) is 0 Å². The minimum absolute atomic E-state index is 0.0269. The lowest BCUT2D eigenvalue weighted by molar-refractivity contribution is -0.135. The van der Waals surface area contributed by atoms with Crippen LogP contribution in [0.25, 0.3) is 11.4 Å². The molecule has 2 aromatic rings. The number of H-pyrrole nitrogens is 1. The first-order valence-corrected chi connectivity index (χ1v) is 10.3. The highest BCUT2D eigenvalue weighted by molar-refractivity contribution is 7.91. The molecular weight excluding hydrogens is 356 g/mol. The second-order valence-corrected chi connectivity index (χ2v) is 8.94. The predicted molar refractivity (Wildman–Crippen MR) is 94.3 cm³/mol. The van der Waals surface area contributed by atoms with Crippen LogP contribution in [0, 0.1) is 5.92 Å². The Morgan fingerprint density at radius 2 is 2.23 bits per heavy atom. The molecule has 0 saturated carbocycles. The van der Waals surface area contributed by atoms with Crippen molar-refractivity contribution in [2.24, 2.45) is 5.92 Å². The van der Waals surface area contributed by atoms with Crippen LogP contribution in [0.5, 0.6) is 5.88 Å². The van der Waals surface area contributed by atoms with E-state index < -0.39 is 15.8 Å². The van der Waals surface area contributed by atoms with Gasteiger partial charge in [-0.05, 0) is 12.5 Å². The molecule has 8 nitrogen and oxygen atoms in total. The van der Waals surface area contributed by atoms with Gasteiger partial charge in [0.2, 0.25) is 11.8 Å². The van der Waals surface area contributed by atoms with E-state index in [1.165, 1.54) is 0 Å². The molecule has 0 aromatic carbocycles. The summed E-state index contributed by atoms with van der Waals surface area (Å²) in [5.41, 5.74) is 2.69. The highest BCUT2D eigenvalue weighted by atomic mass is 32.2. The maximum Gasteiger partial charge on any atom is 0.227 e. The van der Waals surface area contributed by atoms with Gasteiger partial charge in [0.1, 0.15) is 5.82 Å². The number of ether oxygens (including phenoxy) is 1. The number of aromatic amines is 1. The van der Waals surface area contributed by atoms with Crippen molar-refractivity contribution in [3.63, 3.8) is 0 Å². The number of amides is 1. The first-order valence-electron chi connectivity index (χ1n) is 8.52. The average molecular weight is 376 g/mol. The molecule has 9 heteroatoms. The van der Waals surface area contributed by atoms with Crippen molar-refractivity contribution in [3.05, 3.63) is 29.7 Å². The van der Waals surface area contributed by atoms with Crippen LogP contribution in [0.3, 0.4) is 0 Å². The largest absolute Gasteiger partial charge is 0.481 e.